The Labute approximate surface area is 119 Å². The van der Waals surface area contributed by atoms with Crippen molar-refractivity contribution in [2.24, 2.45) is 0 Å². The zero-order chi connectivity index (χ0) is 14.5. The normalized spacial score (nSPS) is 15.7. The number of carbonyl (C=O) groups is 2. The van der Waals surface area contributed by atoms with Gasteiger partial charge in [-0.15, -0.1) is 0 Å². The molecule has 0 saturated carbocycles. The highest BCUT2D eigenvalue weighted by molar-refractivity contribution is 5.94. The SMILES string of the molecule is COC(=O)N1CCCN(C(=O)c2cccc(C)c2)CC1. The van der Waals surface area contributed by atoms with Crippen molar-refractivity contribution in [2.45, 2.75) is 13.3 Å². The minimum absolute atomic E-state index is 0.0282. The fourth-order valence-corrected chi connectivity index (χ4v) is 2.39. The molecule has 5 heteroatoms. The summed E-state index contributed by atoms with van der Waals surface area (Å²) in [6.07, 6.45) is 0.446. The van der Waals surface area contributed by atoms with Crippen LogP contribution in [0.2, 0.25) is 0 Å². The van der Waals surface area contributed by atoms with E-state index in [9.17, 15) is 9.59 Å². The first-order valence-electron chi connectivity index (χ1n) is 6.80. The van der Waals surface area contributed by atoms with Crippen LogP contribution < -0.4 is 0 Å². The van der Waals surface area contributed by atoms with Crippen molar-refractivity contribution in [3.63, 3.8) is 0 Å². The molecule has 1 saturated heterocycles. The Balaban J connectivity index is 2.03. The third kappa shape index (κ3) is 3.29. The molecule has 0 N–H and O–H groups in total. The van der Waals surface area contributed by atoms with Crippen LogP contribution in [0.15, 0.2) is 24.3 Å². The van der Waals surface area contributed by atoms with E-state index in [-0.39, 0.29) is 12.0 Å². The summed E-state index contributed by atoms with van der Waals surface area (Å²) in [5, 5.41) is 0. The highest BCUT2D eigenvalue weighted by atomic mass is 16.5. The van der Waals surface area contributed by atoms with Crippen molar-refractivity contribution < 1.29 is 14.3 Å². The molecule has 5 nitrogen and oxygen atoms in total. The van der Waals surface area contributed by atoms with Crippen LogP contribution in [0.1, 0.15) is 22.3 Å². The molecule has 1 aliphatic heterocycles. The average Bonchev–Trinajstić information content (AvgIpc) is 2.71. The summed E-state index contributed by atoms with van der Waals surface area (Å²) in [5.41, 5.74) is 1.78. The molecule has 0 bridgehead atoms. The van der Waals surface area contributed by atoms with Crippen molar-refractivity contribution in [1.29, 1.82) is 0 Å². The number of hydrogen-bond acceptors (Lipinski definition) is 3. The van der Waals surface area contributed by atoms with E-state index in [1.54, 1.807) is 9.80 Å². The van der Waals surface area contributed by atoms with E-state index in [0.29, 0.717) is 31.7 Å². The summed E-state index contributed by atoms with van der Waals surface area (Å²) in [7, 11) is 1.38. The largest absolute Gasteiger partial charge is 0.453 e. The van der Waals surface area contributed by atoms with Crippen LogP contribution >= 0.6 is 0 Å². The van der Waals surface area contributed by atoms with Gasteiger partial charge in [-0.1, -0.05) is 17.7 Å². The minimum atomic E-state index is -0.324. The van der Waals surface area contributed by atoms with Crippen LogP contribution in [0, 0.1) is 6.92 Å². The predicted molar refractivity (Wildman–Crippen MR) is 75.7 cm³/mol. The molecule has 20 heavy (non-hydrogen) atoms. The third-order valence-corrected chi connectivity index (χ3v) is 3.48. The molecule has 2 rings (SSSR count). The Bertz CT molecular complexity index is 502. The van der Waals surface area contributed by atoms with Gasteiger partial charge in [-0.3, -0.25) is 4.79 Å². The fourth-order valence-electron chi connectivity index (χ4n) is 2.39. The monoisotopic (exact) mass is 276 g/mol. The van der Waals surface area contributed by atoms with Gasteiger partial charge in [0.1, 0.15) is 0 Å². The van der Waals surface area contributed by atoms with E-state index in [1.165, 1.54) is 7.11 Å². The zero-order valence-electron chi connectivity index (χ0n) is 12.0. The number of amides is 2. The van der Waals surface area contributed by atoms with Gasteiger partial charge in [0.05, 0.1) is 7.11 Å². The molecule has 0 aliphatic carbocycles. The first-order chi connectivity index (χ1) is 9.61. The zero-order valence-corrected chi connectivity index (χ0v) is 12.0. The molecule has 1 heterocycles. The molecule has 0 radical (unpaired) electrons. The summed E-state index contributed by atoms with van der Waals surface area (Å²) in [5.74, 6) is 0.0282. The molecule has 0 spiro atoms. The van der Waals surface area contributed by atoms with E-state index in [2.05, 4.69) is 0 Å². The maximum absolute atomic E-state index is 12.4. The number of benzene rings is 1. The standard InChI is InChI=1S/C15H20N2O3/c1-12-5-3-6-13(11-12)14(18)16-7-4-8-17(10-9-16)15(19)20-2/h3,5-6,11H,4,7-10H2,1-2H3. The smallest absolute Gasteiger partial charge is 0.409 e. The van der Waals surface area contributed by atoms with Gasteiger partial charge in [-0.25, -0.2) is 4.79 Å². The summed E-state index contributed by atoms with van der Waals surface area (Å²) in [4.78, 5) is 27.4. The van der Waals surface area contributed by atoms with Gasteiger partial charge >= 0.3 is 6.09 Å². The molecular weight excluding hydrogens is 256 g/mol. The van der Waals surface area contributed by atoms with Crippen molar-refractivity contribution in [2.75, 3.05) is 33.3 Å². The second-order valence-corrected chi connectivity index (χ2v) is 4.97. The van der Waals surface area contributed by atoms with Crippen LogP contribution in [0.5, 0.6) is 0 Å². The predicted octanol–water partition coefficient (Wildman–Crippen LogP) is 1.91. The van der Waals surface area contributed by atoms with Crippen molar-refractivity contribution >= 4 is 12.0 Å². The lowest BCUT2D eigenvalue weighted by molar-refractivity contribution is 0.0757. The van der Waals surface area contributed by atoms with E-state index < -0.39 is 0 Å². The van der Waals surface area contributed by atoms with Crippen LogP contribution in [0.3, 0.4) is 0 Å². The Morgan fingerprint density at radius 2 is 1.80 bits per heavy atom. The van der Waals surface area contributed by atoms with Crippen molar-refractivity contribution in [1.82, 2.24) is 9.80 Å². The van der Waals surface area contributed by atoms with Crippen molar-refractivity contribution in [3.8, 4) is 0 Å². The van der Waals surface area contributed by atoms with E-state index in [4.69, 9.17) is 4.74 Å². The molecular formula is C15H20N2O3. The lowest BCUT2D eigenvalue weighted by Gasteiger charge is -2.21. The summed E-state index contributed by atoms with van der Waals surface area (Å²) in [6.45, 7) is 4.33. The van der Waals surface area contributed by atoms with Crippen LogP contribution in [-0.2, 0) is 4.74 Å². The number of ether oxygens (including phenoxy) is 1. The van der Waals surface area contributed by atoms with Crippen molar-refractivity contribution in [3.05, 3.63) is 35.4 Å². The van der Waals surface area contributed by atoms with E-state index >= 15 is 0 Å². The molecule has 0 aromatic heterocycles. The van der Waals surface area contributed by atoms with Gasteiger partial charge in [-0.2, -0.15) is 0 Å². The molecule has 0 unspecified atom stereocenters. The Hall–Kier alpha value is -2.04. The highest BCUT2D eigenvalue weighted by Gasteiger charge is 2.22. The third-order valence-electron chi connectivity index (χ3n) is 3.48. The molecule has 1 aliphatic rings. The molecule has 1 aromatic rings. The summed E-state index contributed by atoms with van der Waals surface area (Å²) in [6, 6.07) is 7.59. The van der Waals surface area contributed by atoms with Gasteiger partial charge in [-0.05, 0) is 25.5 Å². The maximum Gasteiger partial charge on any atom is 0.409 e. The van der Waals surface area contributed by atoms with E-state index in [0.717, 1.165) is 12.0 Å². The van der Waals surface area contributed by atoms with Crippen LogP contribution in [-0.4, -0.2) is 55.1 Å². The van der Waals surface area contributed by atoms with Gasteiger partial charge in [0.25, 0.3) is 5.91 Å². The number of aryl methyl sites for hydroxylation is 1. The first kappa shape index (κ1) is 14.4. The lowest BCUT2D eigenvalue weighted by Crippen LogP contribution is -2.37. The van der Waals surface area contributed by atoms with E-state index in [1.807, 2.05) is 31.2 Å². The van der Waals surface area contributed by atoms with Crippen LogP contribution in [0.25, 0.3) is 0 Å². The van der Waals surface area contributed by atoms with Gasteiger partial charge < -0.3 is 14.5 Å². The molecule has 108 valence electrons. The number of hydrogen-bond donors (Lipinski definition) is 0. The highest BCUT2D eigenvalue weighted by Crippen LogP contribution is 2.11. The number of carbonyl (C=O) groups excluding carboxylic acids is 2. The summed E-state index contributed by atoms with van der Waals surface area (Å²) >= 11 is 0. The Morgan fingerprint density at radius 3 is 2.50 bits per heavy atom. The molecule has 1 fully saturated rings. The van der Waals surface area contributed by atoms with Gasteiger partial charge in [0.2, 0.25) is 0 Å². The van der Waals surface area contributed by atoms with Gasteiger partial charge in [0.15, 0.2) is 0 Å². The van der Waals surface area contributed by atoms with Crippen LogP contribution in [0.4, 0.5) is 4.79 Å². The molecule has 2 amide bonds. The first-order valence-corrected chi connectivity index (χ1v) is 6.80. The Morgan fingerprint density at radius 1 is 1.10 bits per heavy atom. The number of nitrogens with zero attached hydrogens (tertiary/aromatic N) is 2. The Kier molecular flexibility index (Phi) is 4.61. The number of methoxy groups -OCH3 is 1. The number of rotatable bonds is 1. The lowest BCUT2D eigenvalue weighted by atomic mass is 10.1. The maximum atomic E-state index is 12.4. The molecule has 1 aromatic carbocycles. The quantitative estimate of drug-likeness (QED) is 0.787. The summed E-state index contributed by atoms with van der Waals surface area (Å²) < 4.78 is 4.72. The average molecular weight is 276 g/mol. The topological polar surface area (TPSA) is 49.9 Å². The minimum Gasteiger partial charge on any atom is -0.453 e. The fraction of sp³-hybridized carbons (Fsp3) is 0.467. The second-order valence-electron chi connectivity index (χ2n) is 4.97. The van der Waals surface area contributed by atoms with Gasteiger partial charge in [0, 0.05) is 31.7 Å². The molecule has 0 atom stereocenters. The second kappa shape index (κ2) is 6.41.